The summed E-state index contributed by atoms with van der Waals surface area (Å²) in [4.78, 5) is 24.8. The number of alkyl halides is 1. The van der Waals surface area contributed by atoms with Crippen LogP contribution in [-0.4, -0.2) is 33.6 Å². The van der Waals surface area contributed by atoms with Crippen molar-refractivity contribution >= 4 is 39.1 Å². The number of amides is 1. The van der Waals surface area contributed by atoms with Crippen LogP contribution in [0.5, 0.6) is 0 Å². The lowest BCUT2D eigenvalue weighted by atomic mass is 9.91. The van der Waals surface area contributed by atoms with Crippen molar-refractivity contribution in [2.24, 2.45) is 0 Å². The second-order valence-corrected chi connectivity index (χ2v) is 5.92. The van der Waals surface area contributed by atoms with E-state index in [0.29, 0.717) is 11.9 Å². The van der Waals surface area contributed by atoms with E-state index in [1.54, 1.807) is 4.90 Å². The molecule has 0 heterocycles. The van der Waals surface area contributed by atoms with Crippen molar-refractivity contribution in [3.05, 3.63) is 38.9 Å². The largest absolute Gasteiger partial charge is 0.335 e. The van der Waals surface area contributed by atoms with Gasteiger partial charge in [-0.2, -0.15) is 0 Å². The minimum absolute atomic E-state index is 0.104. The zero-order valence-electron chi connectivity index (χ0n) is 10.7. The van der Waals surface area contributed by atoms with E-state index in [0.717, 1.165) is 19.3 Å². The quantitative estimate of drug-likeness (QED) is 0.457. The highest BCUT2D eigenvalue weighted by atomic mass is 79.9. The van der Waals surface area contributed by atoms with Crippen LogP contribution >= 0.6 is 27.5 Å². The van der Waals surface area contributed by atoms with E-state index in [1.165, 1.54) is 18.2 Å². The maximum absolute atomic E-state index is 12.6. The lowest BCUT2D eigenvalue weighted by Crippen LogP contribution is -2.45. The molecule has 0 atom stereocenters. The molecule has 0 spiro atoms. The van der Waals surface area contributed by atoms with E-state index >= 15 is 0 Å². The number of nitrogens with zero attached hydrogens (tertiary/aromatic N) is 2. The van der Waals surface area contributed by atoms with Gasteiger partial charge in [-0.25, -0.2) is 0 Å². The van der Waals surface area contributed by atoms with Crippen LogP contribution in [0.1, 0.15) is 29.6 Å². The van der Waals surface area contributed by atoms with Gasteiger partial charge in [0.25, 0.3) is 11.6 Å². The Hall–Kier alpha value is -1.14. The summed E-state index contributed by atoms with van der Waals surface area (Å²) < 4.78 is 0. The Kier molecular flexibility index (Phi) is 4.99. The molecule has 7 heteroatoms. The zero-order chi connectivity index (χ0) is 14.7. The van der Waals surface area contributed by atoms with Crippen molar-refractivity contribution in [3.8, 4) is 0 Å². The summed E-state index contributed by atoms with van der Waals surface area (Å²) in [7, 11) is 0. The molecule has 1 aromatic rings. The first-order valence-corrected chi connectivity index (χ1v) is 7.85. The van der Waals surface area contributed by atoms with E-state index in [4.69, 9.17) is 11.6 Å². The number of carbonyl (C=O) groups is 1. The SMILES string of the molecule is O=C(c1ccc(Cl)cc1[N+](=O)[O-])N(CCBr)C1CCC1. The van der Waals surface area contributed by atoms with E-state index < -0.39 is 4.92 Å². The Morgan fingerprint density at radius 1 is 1.50 bits per heavy atom. The summed E-state index contributed by atoms with van der Waals surface area (Å²) in [6.07, 6.45) is 3.01. The van der Waals surface area contributed by atoms with Gasteiger partial charge in [-0.3, -0.25) is 14.9 Å². The van der Waals surface area contributed by atoms with Gasteiger partial charge in [-0.1, -0.05) is 27.5 Å². The van der Waals surface area contributed by atoms with Crippen LogP contribution in [0, 0.1) is 10.1 Å². The molecule has 1 aromatic carbocycles. The number of carbonyl (C=O) groups excluding carboxylic acids is 1. The van der Waals surface area contributed by atoms with Crippen LogP contribution in [0.4, 0.5) is 5.69 Å². The molecule has 1 fully saturated rings. The predicted molar refractivity (Wildman–Crippen MR) is 80.6 cm³/mol. The zero-order valence-corrected chi connectivity index (χ0v) is 13.1. The van der Waals surface area contributed by atoms with Crippen molar-refractivity contribution in [3.63, 3.8) is 0 Å². The smallest absolute Gasteiger partial charge is 0.283 e. The molecule has 108 valence electrons. The number of hydrogen-bond acceptors (Lipinski definition) is 3. The van der Waals surface area contributed by atoms with Crippen LogP contribution in [0.3, 0.4) is 0 Å². The molecule has 0 aliphatic heterocycles. The van der Waals surface area contributed by atoms with Gasteiger partial charge < -0.3 is 4.90 Å². The highest BCUT2D eigenvalue weighted by Crippen LogP contribution is 2.29. The number of benzene rings is 1. The maximum atomic E-state index is 12.6. The first-order chi connectivity index (χ1) is 9.54. The normalized spacial score (nSPS) is 14.7. The molecule has 1 amide bonds. The minimum Gasteiger partial charge on any atom is -0.335 e. The third-order valence-corrected chi connectivity index (χ3v) is 4.08. The Bertz CT molecular complexity index is 534. The van der Waals surface area contributed by atoms with Gasteiger partial charge in [-0.05, 0) is 31.4 Å². The Balaban J connectivity index is 2.33. The molecule has 0 N–H and O–H groups in total. The van der Waals surface area contributed by atoms with Gasteiger partial charge >= 0.3 is 0 Å². The molecule has 2 rings (SSSR count). The standard InChI is InChI=1S/C13H14BrClN2O3/c14-6-7-16(10-2-1-3-10)13(18)11-5-4-9(15)8-12(11)17(19)20/h4-5,8,10H,1-3,6-7H2. The summed E-state index contributed by atoms with van der Waals surface area (Å²) in [6, 6.07) is 4.36. The van der Waals surface area contributed by atoms with Gasteiger partial charge in [0.1, 0.15) is 5.56 Å². The van der Waals surface area contributed by atoms with Crippen molar-refractivity contribution < 1.29 is 9.72 Å². The van der Waals surface area contributed by atoms with Gasteiger partial charge in [0.15, 0.2) is 0 Å². The molecule has 0 bridgehead atoms. The van der Waals surface area contributed by atoms with Gasteiger partial charge in [0, 0.05) is 29.0 Å². The molecular formula is C13H14BrClN2O3. The first kappa shape index (κ1) is 15.3. The third kappa shape index (κ3) is 3.12. The number of nitro groups is 1. The second-order valence-electron chi connectivity index (χ2n) is 4.69. The molecule has 0 aromatic heterocycles. The number of halogens is 2. The van der Waals surface area contributed by atoms with E-state index in [1.807, 2.05) is 0 Å². The van der Waals surface area contributed by atoms with Gasteiger partial charge in [0.2, 0.25) is 0 Å². The first-order valence-electron chi connectivity index (χ1n) is 6.35. The van der Waals surface area contributed by atoms with Crippen molar-refractivity contribution in [1.29, 1.82) is 0 Å². The van der Waals surface area contributed by atoms with Gasteiger partial charge in [-0.15, -0.1) is 0 Å². The fourth-order valence-electron chi connectivity index (χ4n) is 2.23. The molecule has 0 saturated heterocycles. The number of rotatable bonds is 5. The van der Waals surface area contributed by atoms with Crippen LogP contribution in [-0.2, 0) is 0 Å². The van der Waals surface area contributed by atoms with Crippen molar-refractivity contribution in [2.45, 2.75) is 25.3 Å². The van der Waals surface area contributed by atoms with E-state index in [2.05, 4.69) is 15.9 Å². The minimum atomic E-state index is -0.563. The molecule has 1 saturated carbocycles. The Labute approximate surface area is 130 Å². The molecular weight excluding hydrogens is 348 g/mol. The predicted octanol–water partition coefficient (Wildman–Crippen LogP) is 3.64. The molecule has 1 aliphatic carbocycles. The Morgan fingerprint density at radius 3 is 2.70 bits per heavy atom. The van der Waals surface area contributed by atoms with E-state index in [9.17, 15) is 14.9 Å². The van der Waals surface area contributed by atoms with E-state index in [-0.39, 0.29) is 28.2 Å². The monoisotopic (exact) mass is 360 g/mol. The molecule has 5 nitrogen and oxygen atoms in total. The summed E-state index contributed by atoms with van der Waals surface area (Å²) in [5.41, 5.74) is -0.131. The van der Waals surface area contributed by atoms with Gasteiger partial charge in [0.05, 0.1) is 4.92 Å². The third-order valence-electron chi connectivity index (χ3n) is 3.49. The van der Waals surface area contributed by atoms with Crippen molar-refractivity contribution in [1.82, 2.24) is 4.90 Å². The summed E-state index contributed by atoms with van der Waals surface area (Å²) in [6.45, 7) is 0.545. The summed E-state index contributed by atoms with van der Waals surface area (Å²) >= 11 is 9.09. The molecule has 20 heavy (non-hydrogen) atoms. The molecule has 0 radical (unpaired) electrons. The molecule has 1 aliphatic rings. The fourth-order valence-corrected chi connectivity index (χ4v) is 2.78. The average Bonchev–Trinajstić information content (AvgIpc) is 2.35. The molecule has 0 unspecified atom stereocenters. The average molecular weight is 362 g/mol. The summed E-state index contributed by atoms with van der Waals surface area (Å²) in [5, 5.41) is 12.0. The maximum Gasteiger partial charge on any atom is 0.283 e. The second kappa shape index (κ2) is 6.54. The Morgan fingerprint density at radius 2 is 2.20 bits per heavy atom. The van der Waals surface area contributed by atoms with Crippen LogP contribution in [0.25, 0.3) is 0 Å². The fraction of sp³-hybridized carbons (Fsp3) is 0.462. The number of hydrogen-bond donors (Lipinski definition) is 0. The van der Waals surface area contributed by atoms with Crippen molar-refractivity contribution in [2.75, 3.05) is 11.9 Å². The van der Waals surface area contributed by atoms with Crippen LogP contribution in [0.2, 0.25) is 5.02 Å². The highest BCUT2D eigenvalue weighted by molar-refractivity contribution is 9.09. The lowest BCUT2D eigenvalue weighted by molar-refractivity contribution is -0.385. The van der Waals surface area contributed by atoms with Crippen LogP contribution in [0.15, 0.2) is 18.2 Å². The highest BCUT2D eigenvalue weighted by Gasteiger charge is 2.32. The lowest BCUT2D eigenvalue weighted by Gasteiger charge is -2.37. The topological polar surface area (TPSA) is 63.4 Å². The summed E-state index contributed by atoms with van der Waals surface area (Å²) in [5.74, 6) is -0.294. The number of nitro benzene ring substituents is 1. The van der Waals surface area contributed by atoms with Crippen LogP contribution < -0.4 is 0 Å².